The number of carbonyl (C=O) groups is 2. The van der Waals surface area contributed by atoms with E-state index in [2.05, 4.69) is 46.4 Å². The second-order valence-electron chi connectivity index (χ2n) is 7.94. The fourth-order valence-electron chi connectivity index (χ4n) is 3.32. The molecular formula is C23H32O4. The van der Waals surface area contributed by atoms with Crippen molar-refractivity contribution in [3.63, 3.8) is 0 Å². The zero-order valence-electron chi connectivity index (χ0n) is 17.2. The minimum absolute atomic E-state index is 0.0799. The summed E-state index contributed by atoms with van der Waals surface area (Å²) in [6.07, 6.45) is 11.2. The van der Waals surface area contributed by atoms with E-state index < -0.39 is 11.9 Å². The van der Waals surface area contributed by atoms with Crippen LogP contribution in [0, 0.1) is 5.41 Å². The van der Waals surface area contributed by atoms with E-state index in [1.165, 1.54) is 11.1 Å². The van der Waals surface area contributed by atoms with Crippen molar-refractivity contribution < 1.29 is 19.4 Å². The number of aliphatic carboxylic acids is 1. The lowest BCUT2D eigenvalue weighted by atomic mass is 9.71. The van der Waals surface area contributed by atoms with Gasteiger partial charge in [0.1, 0.15) is 6.10 Å². The molecule has 1 rings (SSSR count). The third-order valence-electron chi connectivity index (χ3n) is 4.55. The molecule has 1 N–H and O–H groups in total. The predicted molar refractivity (Wildman–Crippen MR) is 109 cm³/mol. The monoisotopic (exact) mass is 372 g/mol. The zero-order valence-corrected chi connectivity index (χ0v) is 17.2. The lowest BCUT2D eigenvalue weighted by Crippen LogP contribution is -2.32. The summed E-state index contributed by atoms with van der Waals surface area (Å²) in [6.45, 7) is 14.2. The Kier molecular flexibility index (Phi) is 8.48. The first-order valence-corrected chi connectivity index (χ1v) is 9.31. The first-order chi connectivity index (χ1) is 12.5. The van der Waals surface area contributed by atoms with Gasteiger partial charge in [0.05, 0.1) is 12.8 Å². The van der Waals surface area contributed by atoms with Crippen LogP contribution in [-0.4, -0.2) is 23.1 Å². The summed E-state index contributed by atoms with van der Waals surface area (Å²) in [5.74, 6) is -1.42. The number of hydrogen-bond acceptors (Lipinski definition) is 3. The van der Waals surface area contributed by atoms with Crippen LogP contribution in [-0.2, 0) is 14.3 Å². The second-order valence-corrected chi connectivity index (χ2v) is 7.94. The summed E-state index contributed by atoms with van der Waals surface area (Å²) in [7, 11) is 0. The minimum Gasteiger partial charge on any atom is -0.481 e. The standard InChI is InChI=1S/C23H32O4/c1-16(2)8-7-9-17(3)10-11-20-18(4)14-19(15-23(20,5)6)27-22(26)13-12-21(24)25/h7-11,19H,1,12-15H2,2-6H3,(H,24,25). The number of allylic oxidation sites excluding steroid dienone is 8. The maximum Gasteiger partial charge on any atom is 0.306 e. The molecule has 27 heavy (non-hydrogen) atoms. The number of carboxylic acid groups (broad SMARTS) is 1. The van der Waals surface area contributed by atoms with Crippen molar-refractivity contribution in [3.05, 3.63) is 59.3 Å². The van der Waals surface area contributed by atoms with E-state index in [1.54, 1.807) is 0 Å². The Labute approximate surface area is 163 Å². The van der Waals surface area contributed by atoms with E-state index in [4.69, 9.17) is 9.84 Å². The van der Waals surface area contributed by atoms with Crippen LogP contribution in [0.3, 0.4) is 0 Å². The molecule has 4 heteroatoms. The van der Waals surface area contributed by atoms with E-state index in [1.807, 2.05) is 25.2 Å². The van der Waals surface area contributed by atoms with Crippen molar-refractivity contribution in [3.8, 4) is 0 Å². The third-order valence-corrected chi connectivity index (χ3v) is 4.55. The van der Waals surface area contributed by atoms with Crippen LogP contribution >= 0.6 is 0 Å². The van der Waals surface area contributed by atoms with Gasteiger partial charge in [-0.25, -0.2) is 0 Å². The molecule has 0 fully saturated rings. The summed E-state index contributed by atoms with van der Waals surface area (Å²) in [5, 5.41) is 8.68. The van der Waals surface area contributed by atoms with Crippen LogP contribution in [0.25, 0.3) is 0 Å². The predicted octanol–water partition coefficient (Wildman–Crippen LogP) is 5.53. The summed E-state index contributed by atoms with van der Waals surface area (Å²) >= 11 is 0. The van der Waals surface area contributed by atoms with Crippen LogP contribution in [0.2, 0.25) is 0 Å². The molecule has 0 aliphatic heterocycles. The highest BCUT2D eigenvalue weighted by Gasteiger charge is 2.34. The topological polar surface area (TPSA) is 63.6 Å². The van der Waals surface area contributed by atoms with Crippen LogP contribution < -0.4 is 0 Å². The lowest BCUT2D eigenvalue weighted by molar-refractivity contribution is -0.153. The fourth-order valence-corrected chi connectivity index (χ4v) is 3.32. The smallest absolute Gasteiger partial charge is 0.306 e. The van der Waals surface area contributed by atoms with Crippen molar-refractivity contribution in [2.45, 2.75) is 66.4 Å². The number of rotatable bonds is 8. The first-order valence-electron chi connectivity index (χ1n) is 9.31. The minimum atomic E-state index is -0.985. The molecule has 0 saturated heterocycles. The van der Waals surface area contributed by atoms with Crippen molar-refractivity contribution in [1.82, 2.24) is 0 Å². The first kappa shape index (κ1) is 22.7. The van der Waals surface area contributed by atoms with Gasteiger partial charge in [0, 0.05) is 6.42 Å². The molecule has 0 heterocycles. The molecule has 0 amide bonds. The van der Waals surface area contributed by atoms with Gasteiger partial charge in [0.15, 0.2) is 0 Å². The van der Waals surface area contributed by atoms with Gasteiger partial charge < -0.3 is 9.84 Å². The van der Waals surface area contributed by atoms with Crippen LogP contribution in [0.5, 0.6) is 0 Å². The molecule has 4 nitrogen and oxygen atoms in total. The molecule has 0 radical (unpaired) electrons. The van der Waals surface area contributed by atoms with E-state index >= 15 is 0 Å². The van der Waals surface area contributed by atoms with Crippen molar-refractivity contribution in [1.29, 1.82) is 0 Å². The highest BCUT2D eigenvalue weighted by molar-refractivity contribution is 5.76. The zero-order chi connectivity index (χ0) is 20.6. The van der Waals surface area contributed by atoms with Gasteiger partial charge in [-0.3, -0.25) is 9.59 Å². The molecule has 1 unspecified atom stereocenters. The normalized spacial score (nSPS) is 20.3. The second kappa shape index (κ2) is 10.1. The van der Waals surface area contributed by atoms with Crippen LogP contribution in [0.4, 0.5) is 0 Å². The van der Waals surface area contributed by atoms with Crippen LogP contribution in [0.15, 0.2) is 59.3 Å². The van der Waals surface area contributed by atoms with Crippen LogP contribution in [0.1, 0.15) is 60.3 Å². The third kappa shape index (κ3) is 8.25. The summed E-state index contributed by atoms with van der Waals surface area (Å²) < 4.78 is 5.51. The summed E-state index contributed by atoms with van der Waals surface area (Å²) in [5.41, 5.74) is 4.50. The molecule has 0 aromatic carbocycles. The fraction of sp³-hybridized carbons (Fsp3) is 0.478. The van der Waals surface area contributed by atoms with E-state index in [0.717, 1.165) is 17.6 Å². The van der Waals surface area contributed by atoms with Crippen molar-refractivity contribution in [2.24, 2.45) is 5.41 Å². The molecule has 148 valence electrons. The number of carboxylic acids is 1. The van der Waals surface area contributed by atoms with Gasteiger partial charge in [-0.2, -0.15) is 0 Å². The Morgan fingerprint density at radius 3 is 2.48 bits per heavy atom. The number of hydrogen-bond donors (Lipinski definition) is 1. The molecule has 1 atom stereocenters. The van der Waals surface area contributed by atoms with Crippen molar-refractivity contribution in [2.75, 3.05) is 0 Å². The Morgan fingerprint density at radius 2 is 1.93 bits per heavy atom. The lowest BCUT2D eigenvalue weighted by Gasteiger charge is -2.37. The summed E-state index contributed by atoms with van der Waals surface area (Å²) in [4.78, 5) is 22.4. The Balaban J connectivity index is 2.82. The SMILES string of the molecule is C=C(C)C=CC=C(C)C=CC1=C(C)CC(OC(=O)CCC(=O)O)CC1(C)C. The van der Waals surface area contributed by atoms with E-state index in [9.17, 15) is 9.59 Å². The number of carbonyl (C=O) groups excluding carboxylic acids is 1. The molecule has 0 bridgehead atoms. The molecule has 0 saturated carbocycles. The van der Waals surface area contributed by atoms with E-state index in [-0.39, 0.29) is 24.4 Å². The molecule has 1 aliphatic rings. The number of esters is 1. The molecular weight excluding hydrogens is 340 g/mol. The molecule has 0 aromatic rings. The van der Waals surface area contributed by atoms with Gasteiger partial charge in [0.25, 0.3) is 0 Å². The quantitative estimate of drug-likeness (QED) is 0.449. The maximum absolute atomic E-state index is 11.8. The Morgan fingerprint density at radius 1 is 1.26 bits per heavy atom. The van der Waals surface area contributed by atoms with Gasteiger partial charge in [-0.1, -0.05) is 67.5 Å². The van der Waals surface area contributed by atoms with Gasteiger partial charge >= 0.3 is 11.9 Å². The Hall–Kier alpha value is -2.36. The van der Waals surface area contributed by atoms with Gasteiger partial charge in [-0.15, -0.1) is 0 Å². The highest BCUT2D eigenvalue weighted by atomic mass is 16.5. The van der Waals surface area contributed by atoms with E-state index in [0.29, 0.717) is 6.42 Å². The van der Waals surface area contributed by atoms with Gasteiger partial charge in [-0.05, 0) is 38.2 Å². The van der Waals surface area contributed by atoms with Gasteiger partial charge in [0.2, 0.25) is 0 Å². The molecule has 0 aromatic heterocycles. The highest BCUT2D eigenvalue weighted by Crippen LogP contribution is 2.42. The van der Waals surface area contributed by atoms with Crippen molar-refractivity contribution >= 4 is 11.9 Å². The average Bonchev–Trinajstić information content (AvgIpc) is 2.51. The Bertz CT molecular complexity index is 702. The largest absolute Gasteiger partial charge is 0.481 e. The molecule has 0 spiro atoms. The number of ether oxygens (including phenoxy) is 1. The maximum atomic E-state index is 11.8. The average molecular weight is 373 g/mol. The molecule has 1 aliphatic carbocycles. The summed E-state index contributed by atoms with van der Waals surface area (Å²) in [6, 6.07) is 0.